The first-order valence-corrected chi connectivity index (χ1v) is 6.71. The van der Waals surface area contributed by atoms with Gasteiger partial charge in [-0.2, -0.15) is 4.99 Å². The molecule has 98 valence electrons. The molecule has 2 aliphatic rings. The number of rotatable bonds is 3. The van der Waals surface area contributed by atoms with Crippen LogP contribution in [-0.4, -0.2) is 37.0 Å². The van der Waals surface area contributed by atoms with Gasteiger partial charge in [-0.25, -0.2) is 4.79 Å². The van der Waals surface area contributed by atoms with Gasteiger partial charge in [0.2, 0.25) is 6.08 Å². The molecule has 0 saturated heterocycles. The largest absolute Gasteiger partial charge is 0.358 e. The van der Waals surface area contributed by atoms with E-state index in [0.717, 1.165) is 49.3 Å². The molecule has 0 atom stereocenters. The van der Waals surface area contributed by atoms with Crippen molar-refractivity contribution in [1.82, 2.24) is 4.90 Å². The van der Waals surface area contributed by atoms with Gasteiger partial charge in [0.25, 0.3) is 0 Å². The molecule has 1 aliphatic carbocycles. The highest BCUT2D eigenvalue weighted by molar-refractivity contribution is 5.99. The first-order chi connectivity index (χ1) is 9.25. The highest BCUT2D eigenvalue weighted by Crippen LogP contribution is 2.44. The molecule has 0 bridgehead atoms. The second-order valence-corrected chi connectivity index (χ2v) is 5.29. The minimum absolute atomic E-state index is 0.302. The first-order valence-electron chi connectivity index (χ1n) is 6.71. The lowest BCUT2D eigenvalue weighted by Gasteiger charge is -2.37. The van der Waals surface area contributed by atoms with Crippen LogP contribution < -0.4 is 0 Å². The van der Waals surface area contributed by atoms with Crippen LogP contribution >= 0.6 is 0 Å². The second-order valence-electron chi connectivity index (χ2n) is 5.29. The van der Waals surface area contributed by atoms with Crippen LogP contribution in [0.5, 0.6) is 0 Å². The summed E-state index contributed by atoms with van der Waals surface area (Å²) < 4.78 is 0. The van der Waals surface area contributed by atoms with Crippen molar-refractivity contribution >= 4 is 11.9 Å². The molecule has 0 spiro atoms. The molecule has 0 amide bonds. The van der Waals surface area contributed by atoms with E-state index >= 15 is 0 Å². The third-order valence-corrected chi connectivity index (χ3v) is 4.18. The third kappa shape index (κ3) is 1.98. The van der Waals surface area contributed by atoms with E-state index in [0.29, 0.717) is 0 Å². The third-order valence-electron chi connectivity index (χ3n) is 4.18. The molecule has 0 radical (unpaired) electrons. The van der Waals surface area contributed by atoms with Gasteiger partial charge in [-0.3, -0.25) is 4.99 Å². The molecule has 1 aromatic carbocycles. The normalized spacial score (nSPS) is 20.5. The minimum Gasteiger partial charge on any atom is -0.358 e. The van der Waals surface area contributed by atoms with Crippen LogP contribution in [0.25, 0.3) is 0 Å². The second kappa shape index (κ2) is 4.63. The molecule has 1 fully saturated rings. The van der Waals surface area contributed by atoms with Gasteiger partial charge in [-0.1, -0.05) is 24.3 Å². The predicted octanol–water partition coefficient (Wildman–Crippen LogP) is 2.09. The van der Waals surface area contributed by atoms with Crippen LogP contribution in [0.15, 0.2) is 34.3 Å². The molecule has 1 aliphatic heterocycles. The van der Waals surface area contributed by atoms with E-state index in [9.17, 15) is 4.79 Å². The van der Waals surface area contributed by atoms with Gasteiger partial charge in [-0.05, 0) is 24.8 Å². The van der Waals surface area contributed by atoms with E-state index in [4.69, 9.17) is 0 Å². The Morgan fingerprint density at radius 1 is 1.32 bits per heavy atom. The highest BCUT2D eigenvalue weighted by Gasteiger charge is 2.38. The SMILES string of the molecule is CN1CCN=C1c1ccc(C2(N=C=O)CCC2)cc1. The summed E-state index contributed by atoms with van der Waals surface area (Å²) in [6.45, 7) is 1.85. The molecule has 1 heterocycles. The molecular weight excluding hydrogens is 238 g/mol. The first kappa shape index (κ1) is 12.1. The molecular formula is C15H17N3O. The van der Waals surface area contributed by atoms with Crippen molar-refractivity contribution in [3.8, 4) is 0 Å². The summed E-state index contributed by atoms with van der Waals surface area (Å²) in [4.78, 5) is 21.3. The average molecular weight is 255 g/mol. The Bertz CT molecular complexity index is 551. The van der Waals surface area contributed by atoms with Gasteiger partial charge >= 0.3 is 0 Å². The van der Waals surface area contributed by atoms with E-state index in [1.54, 1.807) is 6.08 Å². The Labute approximate surface area is 112 Å². The summed E-state index contributed by atoms with van der Waals surface area (Å²) >= 11 is 0. The summed E-state index contributed by atoms with van der Waals surface area (Å²) in [5, 5.41) is 0. The van der Waals surface area contributed by atoms with Gasteiger partial charge in [0.05, 0.1) is 12.1 Å². The predicted molar refractivity (Wildman–Crippen MR) is 74.1 cm³/mol. The van der Waals surface area contributed by atoms with Crippen LogP contribution in [0.4, 0.5) is 0 Å². The highest BCUT2D eigenvalue weighted by atomic mass is 16.1. The molecule has 4 nitrogen and oxygen atoms in total. The van der Waals surface area contributed by atoms with Gasteiger partial charge in [0.1, 0.15) is 5.84 Å². The summed E-state index contributed by atoms with van der Waals surface area (Å²) in [7, 11) is 2.06. The number of aliphatic imine (C=N–C) groups is 2. The zero-order valence-electron chi connectivity index (χ0n) is 11.1. The van der Waals surface area contributed by atoms with E-state index in [2.05, 4.69) is 46.2 Å². The van der Waals surface area contributed by atoms with Crippen molar-refractivity contribution in [3.63, 3.8) is 0 Å². The summed E-state index contributed by atoms with van der Waals surface area (Å²) in [5.41, 5.74) is 1.95. The Balaban J connectivity index is 1.89. The number of amidine groups is 1. The maximum Gasteiger partial charge on any atom is 0.235 e. The summed E-state index contributed by atoms with van der Waals surface area (Å²) in [6.07, 6.45) is 4.75. The number of hydrogen-bond donors (Lipinski definition) is 0. The monoisotopic (exact) mass is 255 g/mol. The van der Waals surface area contributed by atoms with Crippen LogP contribution in [0.1, 0.15) is 30.4 Å². The number of isocyanates is 1. The number of likely N-dealkylation sites (N-methyl/N-ethyl adjacent to an activating group) is 1. The molecule has 0 unspecified atom stereocenters. The lowest BCUT2D eigenvalue weighted by Crippen LogP contribution is -2.32. The lowest BCUT2D eigenvalue weighted by atomic mass is 9.72. The fourth-order valence-corrected chi connectivity index (χ4v) is 2.84. The van der Waals surface area contributed by atoms with Gasteiger partial charge in [0.15, 0.2) is 0 Å². The number of nitrogens with zero attached hydrogens (tertiary/aromatic N) is 3. The maximum absolute atomic E-state index is 10.6. The van der Waals surface area contributed by atoms with Gasteiger partial charge < -0.3 is 4.90 Å². The zero-order valence-corrected chi connectivity index (χ0v) is 11.1. The topological polar surface area (TPSA) is 45.0 Å². The van der Waals surface area contributed by atoms with Crippen molar-refractivity contribution in [2.75, 3.05) is 20.1 Å². The Hall–Kier alpha value is -1.93. The van der Waals surface area contributed by atoms with Crippen molar-refractivity contribution < 1.29 is 4.79 Å². The Morgan fingerprint density at radius 3 is 2.53 bits per heavy atom. The molecule has 1 aromatic rings. The minimum atomic E-state index is -0.302. The lowest BCUT2D eigenvalue weighted by molar-refractivity contribution is 0.256. The van der Waals surface area contributed by atoms with Crippen LogP contribution in [0.2, 0.25) is 0 Å². The quantitative estimate of drug-likeness (QED) is 0.613. The average Bonchev–Trinajstić information content (AvgIpc) is 2.80. The van der Waals surface area contributed by atoms with E-state index < -0.39 is 0 Å². The van der Waals surface area contributed by atoms with Crippen molar-refractivity contribution in [2.45, 2.75) is 24.8 Å². The smallest absolute Gasteiger partial charge is 0.235 e. The molecule has 1 saturated carbocycles. The van der Waals surface area contributed by atoms with Crippen molar-refractivity contribution in [1.29, 1.82) is 0 Å². The van der Waals surface area contributed by atoms with Crippen LogP contribution in [-0.2, 0) is 10.3 Å². The molecule has 0 aromatic heterocycles. The number of benzene rings is 1. The summed E-state index contributed by atoms with van der Waals surface area (Å²) in [5.74, 6) is 1.05. The Morgan fingerprint density at radius 2 is 2.05 bits per heavy atom. The number of hydrogen-bond acceptors (Lipinski definition) is 4. The number of carbonyl (C=O) groups excluding carboxylic acids is 1. The Kier molecular flexibility index (Phi) is 2.96. The van der Waals surface area contributed by atoms with E-state index in [1.807, 2.05) is 0 Å². The van der Waals surface area contributed by atoms with E-state index in [-0.39, 0.29) is 5.54 Å². The summed E-state index contributed by atoms with van der Waals surface area (Å²) in [6, 6.07) is 8.31. The van der Waals surface area contributed by atoms with E-state index in [1.165, 1.54) is 0 Å². The van der Waals surface area contributed by atoms with Gasteiger partial charge in [-0.15, -0.1) is 0 Å². The molecule has 3 rings (SSSR count). The van der Waals surface area contributed by atoms with Gasteiger partial charge in [0, 0.05) is 19.2 Å². The van der Waals surface area contributed by atoms with Crippen LogP contribution in [0, 0.1) is 0 Å². The maximum atomic E-state index is 10.6. The molecule has 0 N–H and O–H groups in total. The zero-order chi connectivity index (χ0) is 13.3. The van der Waals surface area contributed by atoms with Crippen molar-refractivity contribution in [3.05, 3.63) is 35.4 Å². The molecule has 4 heteroatoms. The van der Waals surface area contributed by atoms with Crippen LogP contribution in [0.3, 0.4) is 0 Å². The fraction of sp³-hybridized carbons (Fsp3) is 0.467. The standard InChI is InChI=1S/C15H17N3O/c1-18-10-9-16-14(18)12-3-5-13(6-4-12)15(17-11-19)7-2-8-15/h3-6H,2,7-10H2,1H3. The van der Waals surface area contributed by atoms with Crippen molar-refractivity contribution in [2.24, 2.45) is 9.98 Å². The fourth-order valence-electron chi connectivity index (χ4n) is 2.84. The molecule has 19 heavy (non-hydrogen) atoms.